The summed E-state index contributed by atoms with van der Waals surface area (Å²) in [6, 6.07) is 5.34. The second-order valence-corrected chi connectivity index (χ2v) is 6.63. The molecule has 4 nitrogen and oxygen atoms in total. The number of hydrogen-bond acceptors (Lipinski definition) is 3. The van der Waals surface area contributed by atoms with Gasteiger partial charge >= 0.3 is 0 Å². The molecule has 0 bridgehead atoms. The standard InChI is InChI=1S/C13H17Cl2N3OS/c14-11-2-1-3-12(15)10(11)9-19-17-13(16)8-18-4-6-20-7-5-18/h1-3H,4-9H2,(H2,16,17)/p+1. The Balaban J connectivity index is 1.83. The van der Waals surface area contributed by atoms with Gasteiger partial charge in [-0.05, 0) is 12.1 Å². The number of nitrogens with zero attached hydrogens (tertiary/aromatic N) is 1. The molecule has 0 aromatic heterocycles. The fourth-order valence-electron chi connectivity index (χ4n) is 1.98. The van der Waals surface area contributed by atoms with Crippen molar-refractivity contribution < 1.29 is 9.74 Å². The van der Waals surface area contributed by atoms with Gasteiger partial charge in [-0.15, -0.1) is 0 Å². The summed E-state index contributed by atoms with van der Waals surface area (Å²) in [5.74, 6) is 2.87. The fraction of sp³-hybridized carbons (Fsp3) is 0.462. The molecule has 0 unspecified atom stereocenters. The van der Waals surface area contributed by atoms with E-state index >= 15 is 0 Å². The highest BCUT2D eigenvalue weighted by molar-refractivity contribution is 7.99. The molecule has 0 amide bonds. The number of oxime groups is 1. The minimum atomic E-state index is 0.227. The zero-order chi connectivity index (χ0) is 14.4. The molecule has 0 spiro atoms. The Morgan fingerprint density at radius 2 is 1.95 bits per heavy atom. The summed E-state index contributed by atoms with van der Waals surface area (Å²) in [5, 5.41) is 5.09. The maximum absolute atomic E-state index is 6.05. The van der Waals surface area contributed by atoms with Gasteiger partial charge in [0.2, 0.25) is 0 Å². The highest BCUT2D eigenvalue weighted by Gasteiger charge is 2.15. The highest BCUT2D eigenvalue weighted by atomic mass is 35.5. The Morgan fingerprint density at radius 1 is 1.30 bits per heavy atom. The van der Waals surface area contributed by atoms with Gasteiger partial charge in [0.1, 0.15) is 13.2 Å². The van der Waals surface area contributed by atoms with E-state index in [0.29, 0.717) is 15.9 Å². The molecule has 7 heteroatoms. The van der Waals surface area contributed by atoms with E-state index < -0.39 is 0 Å². The van der Waals surface area contributed by atoms with Crippen molar-refractivity contribution in [3.05, 3.63) is 33.8 Å². The molecule has 2 rings (SSSR count). The van der Waals surface area contributed by atoms with E-state index in [4.69, 9.17) is 33.8 Å². The average Bonchev–Trinajstić information content (AvgIpc) is 2.43. The quantitative estimate of drug-likeness (QED) is 0.486. The van der Waals surface area contributed by atoms with E-state index in [0.717, 1.165) is 25.2 Å². The van der Waals surface area contributed by atoms with Crippen LogP contribution in [0.2, 0.25) is 10.0 Å². The van der Waals surface area contributed by atoms with Gasteiger partial charge in [-0.1, -0.05) is 34.4 Å². The van der Waals surface area contributed by atoms with Crippen molar-refractivity contribution in [2.75, 3.05) is 31.1 Å². The predicted octanol–water partition coefficient (Wildman–Crippen LogP) is 1.41. The summed E-state index contributed by atoms with van der Waals surface area (Å²) in [5.41, 5.74) is 6.61. The third kappa shape index (κ3) is 4.74. The lowest BCUT2D eigenvalue weighted by atomic mass is 10.2. The van der Waals surface area contributed by atoms with Crippen LogP contribution in [-0.2, 0) is 11.4 Å². The predicted molar refractivity (Wildman–Crippen MR) is 85.8 cm³/mol. The van der Waals surface area contributed by atoms with Crippen molar-refractivity contribution in [2.24, 2.45) is 10.9 Å². The number of benzene rings is 1. The van der Waals surface area contributed by atoms with E-state index in [-0.39, 0.29) is 6.61 Å². The first-order chi connectivity index (χ1) is 9.66. The number of thioether (sulfide) groups is 1. The second kappa shape index (κ2) is 7.98. The minimum Gasteiger partial charge on any atom is -0.389 e. The first-order valence-electron chi connectivity index (χ1n) is 6.45. The molecule has 3 N–H and O–H groups in total. The summed E-state index contributed by atoms with van der Waals surface area (Å²) in [4.78, 5) is 6.71. The van der Waals surface area contributed by atoms with Crippen molar-refractivity contribution in [2.45, 2.75) is 6.61 Å². The lowest BCUT2D eigenvalue weighted by Crippen LogP contribution is -3.14. The van der Waals surface area contributed by atoms with Crippen molar-refractivity contribution in [1.82, 2.24) is 0 Å². The molecule has 0 atom stereocenters. The molecule has 1 aliphatic rings. The molecule has 1 heterocycles. The Labute approximate surface area is 133 Å². The van der Waals surface area contributed by atoms with Crippen LogP contribution >= 0.6 is 35.0 Å². The van der Waals surface area contributed by atoms with E-state index in [1.165, 1.54) is 16.4 Å². The van der Waals surface area contributed by atoms with E-state index in [1.807, 2.05) is 11.8 Å². The molecule has 110 valence electrons. The van der Waals surface area contributed by atoms with Gasteiger partial charge in [0.15, 0.2) is 5.84 Å². The molecule has 1 fully saturated rings. The van der Waals surface area contributed by atoms with E-state index in [2.05, 4.69) is 5.16 Å². The van der Waals surface area contributed by atoms with Crippen LogP contribution in [0, 0.1) is 0 Å². The van der Waals surface area contributed by atoms with Crippen molar-refractivity contribution in [3.63, 3.8) is 0 Å². The molecule has 1 saturated heterocycles. The Bertz CT molecular complexity index is 458. The average molecular weight is 335 g/mol. The van der Waals surface area contributed by atoms with Gasteiger partial charge in [0.05, 0.1) is 13.1 Å². The van der Waals surface area contributed by atoms with Gasteiger partial charge in [-0.3, -0.25) is 0 Å². The Morgan fingerprint density at radius 3 is 2.60 bits per heavy atom. The molecular weight excluding hydrogens is 317 g/mol. The number of halogens is 2. The lowest BCUT2D eigenvalue weighted by molar-refractivity contribution is -0.887. The van der Waals surface area contributed by atoms with Gasteiger partial charge in [0, 0.05) is 27.1 Å². The highest BCUT2D eigenvalue weighted by Crippen LogP contribution is 2.24. The maximum atomic E-state index is 6.05. The number of hydrogen-bond donors (Lipinski definition) is 2. The number of quaternary nitrogens is 1. The summed E-state index contributed by atoms with van der Waals surface area (Å²) in [6.07, 6.45) is 0. The smallest absolute Gasteiger partial charge is 0.194 e. The topological polar surface area (TPSA) is 52.0 Å². The Hall–Kier alpha value is -0.620. The molecule has 1 aromatic rings. The molecule has 0 radical (unpaired) electrons. The second-order valence-electron chi connectivity index (χ2n) is 4.60. The minimum absolute atomic E-state index is 0.227. The SMILES string of the molecule is N/C(C[NH+]1CCSCC1)=N/OCc1c(Cl)cccc1Cl. The number of nitrogens with two attached hydrogens (primary N) is 1. The zero-order valence-electron chi connectivity index (χ0n) is 11.1. The molecular formula is C13H18Cl2N3OS+. The van der Waals surface area contributed by atoms with Crippen LogP contribution < -0.4 is 10.6 Å². The Kier molecular flexibility index (Phi) is 6.29. The summed E-state index contributed by atoms with van der Waals surface area (Å²) < 4.78 is 0. The van der Waals surface area contributed by atoms with Crippen molar-refractivity contribution >= 4 is 40.8 Å². The largest absolute Gasteiger partial charge is 0.389 e. The molecule has 20 heavy (non-hydrogen) atoms. The number of nitrogens with one attached hydrogen (secondary N) is 1. The normalized spacial score (nSPS) is 17.2. The molecule has 0 aliphatic carbocycles. The third-order valence-electron chi connectivity index (χ3n) is 3.08. The van der Waals surface area contributed by atoms with Crippen molar-refractivity contribution in [3.8, 4) is 0 Å². The summed E-state index contributed by atoms with van der Waals surface area (Å²) >= 11 is 14.1. The fourth-order valence-corrected chi connectivity index (χ4v) is 3.55. The van der Waals surface area contributed by atoms with Crippen LogP contribution in [0.3, 0.4) is 0 Å². The van der Waals surface area contributed by atoms with Gasteiger partial charge < -0.3 is 15.5 Å². The van der Waals surface area contributed by atoms with Gasteiger partial charge in [-0.2, -0.15) is 11.8 Å². The van der Waals surface area contributed by atoms with Crippen LogP contribution in [0.1, 0.15) is 5.56 Å². The zero-order valence-corrected chi connectivity index (χ0v) is 13.4. The van der Waals surface area contributed by atoms with Crippen LogP contribution in [0.5, 0.6) is 0 Å². The van der Waals surface area contributed by atoms with Gasteiger partial charge in [0.25, 0.3) is 0 Å². The molecule has 1 aliphatic heterocycles. The van der Waals surface area contributed by atoms with E-state index in [1.54, 1.807) is 18.2 Å². The van der Waals surface area contributed by atoms with Crippen LogP contribution in [0.4, 0.5) is 0 Å². The van der Waals surface area contributed by atoms with Crippen LogP contribution in [-0.4, -0.2) is 37.0 Å². The van der Waals surface area contributed by atoms with Crippen LogP contribution in [0.15, 0.2) is 23.4 Å². The summed E-state index contributed by atoms with van der Waals surface area (Å²) in [6.45, 7) is 3.19. The van der Waals surface area contributed by atoms with Gasteiger partial charge in [-0.25, -0.2) is 0 Å². The van der Waals surface area contributed by atoms with Crippen LogP contribution in [0.25, 0.3) is 0 Å². The summed E-state index contributed by atoms with van der Waals surface area (Å²) in [7, 11) is 0. The number of amidine groups is 1. The first-order valence-corrected chi connectivity index (χ1v) is 8.36. The molecule has 0 saturated carbocycles. The molecule has 1 aromatic carbocycles. The third-order valence-corrected chi connectivity index (χ3v) is 4.78. The van der Waals surface area contributed by atoms with E-state index in [9.17, 15) is 0 Å². The first kappa shape index (κ1) is 15.8. The lowest BCUT2D eigenvalue weighted by Gasteiger charge is -2.22. The maximum Gasteiger partial charge on any atom is 0.194 e. The number of rotatable bonds is 5. The monoisotopic (exact) mass is 334 g/mol. The van der Waals surface area contributed by atoms with Crippen molar-refractivity contribution in [1.29, 1.82) is 0 Å².